The van der Waals surface area contributed by atoms with Crippen molar-refractivity contribution in [2.24, 2.45) is 5.92 Å². The van der Waals surface area contributed by atoms with Crippen LogP contribution in [0, 0.1) is 5.92 Å². The van der Waals surface area contributed by atoms with Gasteiger partial charge in [0.15, 0.2) is 11.5 Å². The number of thioether (sulfide) groups is 1. The molecule has 8 heteroatoms. The van der Waals surface area contributed by atoms with Gasteiger partial charge in [-0.15, -0.1) is 0 Å². The van der Waals surface area contributed by atoms with Gasteiger partial charge in [0.2, 0.25) is 0 Å². The molecule has 0 aliphatic carbocycles. The first kappa shape index (κ1) is 21.8. The molecule has 28 heavy (non-hydrogen) atoms. The number of carbonyl (C=O) groups excluding carboxylic acids is 3. The third kappa shape index (κ3) is 5.76. The van der Waals surface area contributed by atoms with Crippen molar-refractivity contribution < 1.29 is 28.6 Å². The molecular formula is C20H25NO6S. The van der Waals surface area contributed by atoms with Crippen LogP contribution in [-0.2, 0) is 14.3 Å². The Bertz CT molecular complexity index is 774. The SMILES string of the molecule is CCOc1ccc(/C=C2/SC(=O)N(CC(=O)OCC(C)C)C2=O)cc1OCC. The first-order valence-electron chi connectivity index (χ1n) is 9.16. The van der Waals surface area contributed by atoms with Crippen LogP contribution in [0.3, 0.4) is 0 Å². The summed E-state index contributed by atoms with van der Waals surface area (Å²) in [6.45, 7) is 8.40. The molecule has 0 atom stereocenters. The van der Waals surface area contributed by atoms with Gasteiger partial charge in [-0.3, -0.25) is 19.3 Å². The number of imide groups is 1. The molecule has 0 aromatic heterocycles. The third-order valence-corrected chi connectivity index (χ3v) is 4.51. The highest BCUT2D eigenvalue weighted by molar-refractivity contribution is 8.18. The van der Waals surface area contributed by atoms with Crippen LogP contribution in [0.1, 0.15) is 33.3 Å². The Balaban J connectivity index is 2.14. The molecular weight excluding hydrogens is 382 g/mol. The van der Waals surface area contributed by atoms with Crippen molar-refractivity contribution in [2.45, 2.75) is 27.7 Å². The van der Waals surface area contributed by atoms with Crippen molar-refractivity contribution in [1.29, 1.82) is 0 Å². The highest BCUT2D eigenvalue weighted by atomic mass is 32.2. The highest BCUT2D eigenvalue weighted by Crippen LogP contribution is 2.34. The quantitative estimate of drug-likeness (QED) is 0.456. The zero-order valence-corrected chi connectivity index (χ0v) is 17.3. The highest BCUT2D eigenvalue weighted by Gasteiger charge is 2.36. The normalized spacial score (nSPS) is 15.5. The lowest BCUT2D eigenvalue weighted by Gasteiger charge is -2.13. The molecule has 0 N–H and O–H groups in total. The first-order chi connectivity index (χ1) is 13.3. The standard InChI is InChI=1S/C20H25NO6S/c1-5-25-15-8-7-14(9-16(15)26-6-2)10-17-19(23)21(20(24)28-17)11-18(22)27-12-13(3)4/h7-10,13H,5-6,11-12H2,1-4H3/b17-10+. The van der Waals surface area contributed by atoms with Gasteiger partial charge in [-0.2, -0.15) is 0 Å². The molecule has 1 heterocycles. The average molecular weight is 407 g/mol. The van der Waals surface area contributed by atoms with E-state index >= 15 is 0 Å². The number of esters is 1. The van der Waals surface area contributed by atoms with E-state index in [1.165, 1.54) is 0 Å². The van der Waals surface area contributed by atoms with E-state index in [0.717, 1.165) is 16.7 Å². The van der Waals surface area contributed by atoms with Crippen LogP contribution in [0.5, 0.6) is 11.5 Å². The van der Waals surface area contributed by atoms with Gasteiger partial charge >= 0.3 is 5.97 Å². The Labute approximate surface area is 169 Å². The van der Waals surface area contributed by atoms with Crippen molar-refractivity contribution in [3.8, 4) is 11.5 Å². The number of ether oxygens (including phenoxy) is 3. The van der Waals surface area contributed by atoms with Crippen molar-refractivity contribution in [2.75, 3.05) is 26.4 Å². The van der Waals surface area contributed by atoms with Gasteiger partial charge in [0.1, 0.15) is 6.54 Å². The summed E-state index contributed by atoms with van der Waals surface area (Å²) in [5.41, 5.74) is 0.694. The second kappa shape index (κ2) is 10.2. The summed E-state index contributed by atoms with van der Waals surface area (Å²) in [5, 5.41) is -0.492. The van der Waals surface area contributed by atoms with Crippen LogP contribution in [0.4, 0.5) is 4.79 Å². The van der Waals surface area contributed by atoms with E-state index in [4.69, 9.17) is 14.2 Å². The molecule has 1 aromatic rings. The Morgan fingerprint density at radius 1 is 1.14 bits per heavy atom. The van der Waals surface area contributed by atoms with Gasteiger partial charge in [0.25, 0.3) is 11.1 Å². The number of hydrogen-bond acceptors (Lipinski definition) is 7. The molecule has 1 fully saturated rings. The van der Waals surface area contributed by atoms with Gasteiger partial charge < -0.3 is 14.2 Å². The predicted octanol–water partition coefficient (Wildman–Crippen LogP) is 3.72. The molecule has 0 saturated carbocycles. The number of benzene rings is 1. The maximum absolute atomic E-state index is 12.5. The Hall–Kier alpha value is -2.48. The van der Waals surface area contributed by atoms with E-state index in [1.54, 1.807) is 24.3 Å². The number of amides is 2. The molecule has 1 aromatic carbocycles. The number of rotatable bonds is 9. The van der Waals surface area contributed by atoms with Crippen molar-refractivity contribution >= 4 is 35.0 Å². The maximum atomic E-state index is 12.5. The van der Waals surface area contributed by atoms with Gasteiger partial charge in [-0.1, -0.05) is 19.9 Å². The van der Waals surface area contributed by atoms with Crippen LogP contribution in [0.15, 0.2) is 23.1 Å². The Kier molecular flexibility index (Phi) is 7.92. The van der Waals surface area contributed by atoms with Gasteiger partial charge in [-0.25, -0.2) is 0 Å². The molecule has 0 unspecified atom stereocenters. The minimum atomic E-state index is -0.600. The monoisotopic (exact) mass is 407 g/mol. The second-order valence-electron chi connectivity index (χ2n) is 6.42. The van der Waals surface area contributed by atoms with Crippen molar-refractivity contribution in [1.82, 2.24) is 4.90 Å². The lowest BCUT2D eigenvalue weighted by atomic mass is 10.2. The summed E-state index contributed by atoms with van der Waals surface area (Å²) in [6, 6.07) is 5.28. The van der Waals surface area contributed by atoms with E-state index in [0.29, 0.717) is 30.3 Å². The van der Waals surface area contributed by atoms with Crippen LogP contribution < -0.4 is 9.47 Å². The lowest BCUT2D eigenvalue weighted by molar-refractivity contribution is -0.147. The molecule has 0 radical (unpaired) electrons. The lowest BCUT2D eigenvalue weighted by Crippen LogP contribution is -2.34. The van der Waals surface area contributed by atoms with E-state index in [2.05, 4.69) is 0 Å². The molecule has 1 saturated heterocycles. The van der Waals surface area contributed by atoms with Gasteiger partial charge in [0.05, 0.1) is 24.7 Å². The fourth-order valence-corrected chi connectivity index (χ4v) is 3.22. The van der Waals surface area contributed by atoms with Crippen LogP contribution in [0.2, 0.25) is 0 Å². The molecule has 152 valence electrons. The summed E-state index contributed by atoms with van der Waals surface area (Å²) >= 11 is 0.795. The number of hydrogen-bond donors (Lipinski definition) is 0. The van der Waals surface area contributed by atoms with E-state index in [9.17, 15) is 14.4 Å². The fourth-order valence-electron chi connectivity index (χ4n) is 2.38. The number of nitrogens with zero attached hydrogens (tertiary/aromatic N) is 1. The Morgan fingerprint density at radius 2 is 1.82 bits per heavy atom. The topological polar surface area (TPSA) is 82.1 Å². The Morgan fingerprint density at radius 3 is 2.46 bits per heavy atom. The van der Waals surface area contributed by atoms with Gasteiger partial charge in [0, 0.05) is 0 Å². The number of carbonyl (C=O) groups is 3. The zero-order valence-electron chi connectivity index (χ0n) is 16.5. The summed E-state index contributed by atoms with van der Waals surface area (Å²) < 4.78 is 16.1. The molecule has 2 amide bonds. The summed E-state index contributed by atoms with van der Waals surface area (Å²) in [5.74, 6) is 0.246. The van der Waals surface area contributed by atoms with Crippen LogP contribution >= 0.6 is 11.8 Å². The second-order valence-corrected chi connectivity index (χ2v) is 7.41. The molecule has 2 rings (SSSR count). The van der Waals surface area contributed by atoms with Crippen LogP contribution in [0.25, 0.3) is 6.08 Å². The van der Waals surface area contributed by atoms with E-state index < -0.39 is 17.1 Å². The summed E-state index contributed by atoms with van der Waals surface area (Å²) in [7, 11) is 0. The van der Waals surface area contributed by atoms with E-state index in [1.807, 2.05) is 27.7 Å². The first-order valence-corrected chi connectivity index (χ1v) is 9.98. The fraction of sp³-hybridized carbons (Fsp3) is 0.450. The molecule has 0 spiro atoms. The van der Waals surface area contributed by atoms with Crippen molar-refractivity contribution in [3.05, 3.63) is 28.7 Å². The average Bonchev–Trinajstić information content (AvgIpc) is 2.90. The zero-order chi connectivity index (χ0) is 20.7. The predicted molar refractivity (Wildman–Crippen MR) is 107 cm³/mol. The summed E-state index contributed by atoms with van der Waals surface area (Å²) in [4.78, 5) is 37.7. The van der Waals surface area contributed by atoms with Crippen LogP contribution in [-0.4, -0.2) is 48.4 Å². The van der Waals surface area contributed by atoms with E-state index in [-0.39, 0.29) is 24.0 Å². The molecule has 7 nitrogen and oxygen atoms in total. The van der Waals surface area contributed by atoms with Gasteiger partial charge in [-0.05, 0) is 55.3 Å². The minimum absolute atomic E-state index is 0.179. The summed E-state index contributed by atoms with van der Waals surface area (Å²) in [6.07, 6.45) is 1.60. The molecule has 1 aliphatic heterocycles. The molecule has 0 bridgehead atoms. The maximum Gasteiger partial charge on any atom is 0.326 e. The minimum Gasteiger partial charge on any atom is -0.490 e. The smallest absolute Gasteiger partial charge is 0.326 e. The largest absolute Gasteiger partial charge is 0.490 e. The molecule has 1 aliphatic rings. The van der Waals surface area contributed by atoms with Crippen molar-refractivity contribution in [3.63, 3.8) is 0 Å². The third-order valence-electron chi connectivity index (χ3n) is 3.60.